The molecule has 0 radical (unpaired) electrons. The molecular weight excluding hydrogens is 376 g/mol. The van der Waals surface area contributed by atoms with Crippen molar-refractivity contribution in [3.05, 3.63) is 53.4 Å². The van der Waals surface area contributed by atoms with Gasteiger partial charge >= 0.3 is 0 Å². The number of ether oxygens (including phenoxy) is 3. The number of aryl methyl sites for hydroxylation is 1. The molecule has 0 spiro atoms. The number of nitrogens with one attached hydrogen (secondary N) is 1. The van der Waals surface area contributed by atoms with Gasteiger partial charge in [0.2, 0.25) is 0 Å². The van der Waals surface area contributed by atoms with Crippen molar-refractivity contribution in [2.24, 2.45) is 0 Å². The third kappa shape index (κ3) is 5.01. The van der Waals surface area contributed by atoms with E-state index in [0.29, 0.717) is 23.2 Å². The molecule has 146 valence electrons. The molecule has 28 heavy (non-hydrogen) atoms. The Morgan fingerprint density at radius 1 is 1.07 bits per heavy atom. The summed E-state index contributed by atoms with van der Waals surface area (Å²) in [4.78, 5) is 17.8. The molecule has 1 heterocycles. The number of thiazole rings is 1. The number of aromatic nitrogens is 1. The summed E-state index contributed by atoms with van der Waals surface area (Å²) < 4.78 is 16.1. The predicted octanol–water partition coefficient (Wildman–Crippen LogP) is 4.54. The van der Waals surface area contributed by atoms with Crippen molar-refractivity contribution < 1.29 is 19.0 Å². The minimum Gasteiger partial charge on any atom is -0.497 e. The van der Waals surface area contributed by atoms with Crippen molar-refractivity contribution in [2.75, 3.05) is 25.6 Å². The topological polar surface area (TPSA) is 69.7 Å². The number of carbonyl (C=O) groups is 1. The van der Waals surface area contributed by atoms with E-state index >= 15 is 0 Å². The summed E-state index contributed by atoms with van der Waals surface area (Å²) in [6.07, 6.45) is 0. The van der Waals surface area contributed by atoms with Crippen LogP contribution in [0.2, 0.25) is 0 Å². The molecule has 0 unspecified atom stereocenters. The van der Waals surface area contributed by atoms with Gasteiger partial charge in [-0.1, -0.05) is 6.07 Å². The maximum Gasteiger partial charge on any atom is 0.264 e. The van der Waals surface area contributed by atoms with Gasteiger partial charge in [0.1, 0.15) is 17.2 Å². The molecular formula is C21H22N2O4S. The van der Waals surface area contributed by atoms with Crippen LogP contribution >= 0.6 is 11.3 Å². The van der Waals surface area contributed by atoms with Gasteiger partial charge in [-0.3, -0.25) is 10.1 Å². The average Bonchev–Trinajstić information content (AvgIpc) is 3.07. The largest absolute Gasteiger partial charge is 0.497 e. The van der Waals surface area contributed by atoms with Crippen LogP contribution in [0.3, 0.4) is 0 Å². The summed E-state index contributed by atoms with van der Waals surface area (Å²) in [5.41, 5.74) is 1.82. The van der Waals surface area contributed by atoms with Crippen LogP contribution in [0.15, 0.2) is 48.5 Å². The smallest absolute Gasteiger partial charge is 0.264 e. The standard InChI is InChI=1S/C21H22N2O4S/c1-4-26-16-10-8-15(9-11-16)20-14(2)28-21(23-20)22-19(24)13-27-18-7-5-6-17(12-18)25-3/h5-12H,4,13H2,1-3H3,(H,22,23,24). The maximum absolute atomic E-state index is 12.2. The molecule has 0 saturated carbocycles. The molecule has 7 heteroatoms. The Morgan fingerprint density at radius 2 is 1.82 bits per heavy atom. The van der Waals surface area contributed by atoms with E-state index in [1.807, 2.05) is 44.2 Å². The summed E-state index contributed by atoms with van der Waals surface area (Å²) in [6.45, 7) is 4.45. The first kappa shape index (κ1) is 19.7. The Hall–Kier alpha value is -3.06. The average molecular weight is 398 g/mol. The molecule has 0 aliphatic rings. The zero-order valence-corrected chi connectivity index (χ0v) is 16.8. The summed E-state index contributed by atoms with van der Waals surface area (Å²) >= 11 is 1.43. The summed E-state index contributed by atoms with van der Waals surface area (Å²) in [5, 5.41) is 3.33. The molecule has 2 aromatic carbocycles. The highest BCUT2D eigenvalue weighted by Gasteiger charge is 2.13. The van der Waals surface area contributed by atoms with Gasteiger partial charge in [-0.2, -0.15) is 0 Å². The third-order valence-corrected chi connectivity index (χ3v) is 4.78. The minimum absolute atomic E-state index is 0.107. The number of hydrogen-bond donors (Lipinski definition) is 1. The molecule has 0 aliphatic carbocycles. The zero-order chi connectivity index (χ0) is 19.9. The first-order valence-corrected chi connectivity index (χ1v) is 9.68. The fourth-order valence-electron chi connectivity index (χ4n) is 2.59. The molecule has 0 atom stereocenters. The fourth-order valence-corrected chi connectivity index (χ4v) is 3.44. The number of carbonyl (C=O) groups excluding carboxylic acids is 1. The normalized spacial score (nSPS) is 10.4. The molecule has 3 rings (SSSR count). The summed E-state index contributed by atoms with van der Waals surface area (Å²) in [7, 11) is 1.58. The van der Waals surface area contributed by atoms with E-state index in [-0.39, 0.29) is 12.5 Å². The zero-order valence-electron chi connectivity index (χ0n) is 16.0. The number of methoxy groups -OCH3 is 1. The van der Waals surface area contributed by atoms with Gasteiger partial charge in [-0.05, 0) is 50.2 Å². The van der Waals surface area contributed by atoms with Crippen molar-refractivity contribution >= 4 is 22.4 Å². The lowest BCUT2D eigenvalue weighted by Gasteiger charge is -2.07. The van der Waals surface area contributed by atoms with Crippen molar-refractivity contribution in [3.8, 4) is 28.5 Å². The van der Waals surface area contributed by atoms with E-state index in [1.165, 1.54) is 11.3 Å². The van der Waals surface area contributed by atoms with Crippen molar-refractivity contribution in [1.82, 2.24) is 4.98 Å². The second kappa shape index (κ2) is 9.23. The van der Waals surface area contributed by atoms with E-state index in [4.69, 9.17) is 14.2 Å². The molecule has 3 aromatic rings. The summed E-state index contributed by atoms with van der Waals surface area (Å²) in [5.74, 6) is 1.80. The van der Waals surface area contributed by atoms with E-state index < -0.39 is 0 Å². The fraction of sp³-hybridized carbons (Fsp3) is 0.238. The van der Waals surface area contributed by atoms with Gasteiger partial charge < -0.3 is 14.2 Å². The number of nitrogens with zero attached hydrogens (tertiary/aromatic N) is 1. The number of rotatable bonds is 8. The van der Waals surface area contributed by atoms with Crippen LogP contribution in [-0.2, 0) is 4.79 Å². The lowest BCUT2D eigenvalue weighted by atomic mass is 10.1. The SMILES string of the molecule is CCOc1ccc(-c2nc(NC(=O)COc3cccc(OC)c3)sc2C)cc1. The molecule has 0 saturated heterocycles. The van der Waals surface area contributed by atoms with Gasteiger partial charge in [0.05, 0.1) is 19.4 Å². The first-order chi connectivity index (χ1) is 13.6. The predicted molar refractivity (Wildman–Crippen MR) is 111 cm³/mol. The van der Waals surface area contributed by atoms with E-state index in [0.717, 1.165) is 21.9 Å². The molecule has 0 bridgehead atoms. The Balaban J connectivity index is 1.61. The van der Waals surface area contributed by atoms with E-state index in [9.17, 15) is 4.79 Å². The van der Waals surface area contributed by atoms with E-state index in [2.05, 4.69) is 10.3 Å². The third-order valence-electron chi connectivity index (χ3n) is 3.89. The number of amides is 1. The van der Waals surface area contributed by atoms with Crippen LogP contribution in [0.1, 0.15) is 11.8 Å². The Labute approximate surface area is 168 Å². The van der Waals surface area contributed by atoms with Gasteiger partial charge in [0, 0.05) is 16.5 Å². The molecule has 1 N–H and O–H groups in total. The highest BCUT2D eigenvalue weighted by atomic mass is 32.1. The van der Waals surface area contributed by atoms with Crippen LogP contribution in [-0.4, -0.2) is 31.2 Å². The van der Waals surface area contributed by atoms with E-state index in [1.54, 1.807) is 25.3 Å². The van der Waals surface area contributed by atoms with Gasteiger partial charge in [-0.15, -0.1) is 11.3 Å². The summed E-state index contributed by atoms with van der Waals surface area (Å²) in [6, 6.07) is 14.9. The molecule has 1 amide bonds. The quantitative estimate of drug-likeness (QED) is 0.603. The van der Waals surface area contributed by atoms with Crippen molar-refractivity contribution in [1.29, 1.82) is 0 Å². The highest BCUT2D eigenvalue weighted by molar-refractivity contribution is 7.16. The minimum atomic E-state index is -0.269. The number of hydrogen-bond acceptors (Lipinski definition) is 6. The van der Waals surface area contributed by atoms with Crippen LogP contribution in [0.4, 0.5) is 5.13 Å². The molecule has 1 aromatic heterocycles. The van der Waals surface area contributed by atoms with Crippen LogP contribution in [0.25, 0.3) is 11.3 Å². The second-order valence-electron chi connectivity index (χ2n) is 5.90. The molecule has 0 fully saturated rings. The maximum atomic E-state index is 12.2. The van der Waals surface area contributed by atoms with Crippen molar-refractivity contribution in [3.63, 3.8) is 0 Å². The van der Waals surface area contributed by atoms with Crippen LogP contribution in [0.5, 0.6) is 17.2 Å². The van der Waals surface area contributed by atoms with Gasteiger partial charge in [-0.25, -0.2) is 4.98 Å². The highest BCUT2D eigenvalue weighted by Crippen LogP contribution is 2.31. The molecule has 6 nitrogen and oxygen atoms in total. The number of anilines is 1. The Kier molecular flexibility index (Phi) is 6.49. The Bertz CT molecular complexity index is 938. The van der Waals surface area contributed by atoms with Gasteiger partial charge in [0.25, 0.3) is 5.91 Å². The Morgan fingerprint density at radius 3 is 2.54 bits per heavy atom. The van der Waals surface area contributed by atoms with Crippen molar-refractivity contribution in [2.45, 2.75) is 13.8 Å². The second-order valence-corrected chi connectivity index (χ2v) is 7.10. The lowest BCUT2D eigenvalue weighted by molar-refractivity contribution is -0.118. The number of benzene rings is 2. The lowest BCUT2D eigenvalue weighted by Crippen LogP contribution is -2.20. The van der Waals surface area contributed by atoms with Crippen LogP contribution in [0, 0.1) is 6.92 Å². The monoisotopic (exact) mass is 398 g/mol. The van der Waals surface area contributed by atoms with Crippen LogP contribution < -0.4 is 19.5 Å². The van der Waals surface area contributed by atoms with Gasteiger partial charge in [0.15, 0.2) is 11.7 Å². The first-order valence-electron chi connectivity index (χ1n) is 8.86. The molecule has 0 aliphatic heterocycles.